The number of para-hydroxylation sites is 2. The molecule has 0 saturated carbocycles. The molecular weight excluding hydrogens is 394 g/mol. The summed E-state index contributed by atoms with van der Waals surface area (Å²) < 4.78 is 4.99. The fraction of sp³-hybridized carbons (Fsp3) is 0.333. The van der Waals surface area contributed by atoms with Gasteiger partial charge in [-0.15, -0.1) is 0 Å². The van der Waals surface area contributed by atoms with E-state index in [9.17, 15) is 14.7 Å². The van der Waals surface area contributed by atoms with Gasteiger partial charge in [-0.25, -0.2) is 4.79 Å². The van der Waals surface area contributed by atoms with Crippen LogP contribution in [0, 0.1) is 0 Å². The van der Waals surface area contributed by atoms with Gasteiger partial charge in [0.25, 0.3) is 0 Å². The molecule has 0 aromatic heterocycles. The molecule has 29 heavy (non-hydrogen) atoms. The third-order valence-corrected chi connectivity index (χ3v) is 5.93. The zero-order chi connectivity index (χ0) is 20.5. The zero-order valence-electron chi connectivity index (χ0n) is 15.9. The number of carbonyl (C=O) groups excluding carboxylic acids is 2. The van der Waals surface area contributed by atoms with E-state index in [1.807, 2.05) is 24.3 Å². The van der Waals surface area contributed by atoms with Gasteiger partial charge < -0.3 is 20.1 Å². The second kappa shape index (κ2) is 8.02. The first-order chi connectivity index (χ1) is 14.1. The molecule has 0 aliphatic carbocycles. The Morgan fingerprint density at radius 1 is 1.21 bits per heavy atom. The second-order valence-corrected chi connectivity index (χ2v) is 7.56. The van der Waals surface area contributed by atoms with Crippen LogP contribution in [0.1, 0.15) is 11.5 Å². The molecule has 1 saturated heterocycles. The number of anilines is 2. The van der Waals surface area contributed by atoms with E-state index < -0.39 is 0 Å². The summed E-state index contributed by atoms with van der Waals surface area (Å²) in [5.41, 5.74) is 2.24. The van der Waals surface area contributed by atoms with Gasteiger partial charge in [-0.1, -0.05) is 41.9 Å². The first-order valence-corrected chi connectivity index (χ1v) is 9.77. The number of hydrogen-bond donors (Lipinski definition) is 2. The van der Waals surface area contributed by atoms with Crippen LogP contribution in [0.15, 0.2) is 48.5 Å². The Morgan fingerprint density at radius 2 is 1.93 bits per heavy atom. The lowest BCUT2D eigenvalue weighted by atomic mass is 9.72. The monoisotopic (exact) mass is 415 g/mol. The Morgan fingerprint density at radius 3 is 2.66 bits per heavy atom. The highest BCUT2D eigenvalue weighted by Gasteiger charge is 2.55. The van der Waals surface area contributed by atoms with Crippen LogP contribution in [-0.4, -0.2) is 60.9 Å². The maximum absolute atomic E-state index is 13.1. The molecule has 8 heteroatoms. The van der Waals surface area contributed by atoms with Gasteiger partial charge in [-0.3, -0.25) is 9.69 Å². The molecule has 0 spiro atoms. The average molecular weight is 416 g/mol. The number of fused-ring (bicyclic) bond motifs is 3. The Balaban J connectivity index is 1.65. The molecule has 2 aliphatic rings. The summed E-state index contributed by atoms with van der Waals surface area (Å²) in [6, 6.07) is 13.8. The average Bonchev–Trinajstić information content (AvgIpc) is 2.70. The van der Waals surface area contributed by atoms with Crippen molar-refractivity contribution in [1.82, 2.24) is 4.90 Å². The third-order valence-electron chi connectivity index (χ3n) is 5.60. The van der Waals surface area contributed by atoms with Gasteiger partial charge in [-0.2, -0.15) is 0 Å². The van der Waals surface area contributed by atoms with Crippen LogP contribution in [0.25, 0.3) is 0 Å². The van der Waals surface area contributed by atoms with Crippen LogP contribution in [0.3, 0.4) is 0 Å². The molecule has 2 heterocycles. The molecule has 2 aliphatic heterocycles. The lowest BCUT2D eigenvalue weighted by molar-refractivity contribution is -0.154. The number of amides is 3. The first kappa shape index (κ1) is 19.7. The topological polar surface area (TPSA) is 82.1 Å². The minimum Gasteiger partial charge on any atom is -0.394 e. The van der Waals surface area contributed by atoms with Gasteiger partial charge >= 0.3 is 6.03 Å². The number of aliphatic hydroxyl groups is 1. The first-order valence-electron chi connectivity index (χ1n) is 9.39. The number of benzene rings is 2. The number of aliphatic hydroxyl groups excluding tert-OH is 1. The lowest BCUT2D eigenvalue weighted by Crippen LogP contribution is -2.71. The maximum atomic E-state index is 13.1. The summed E-state index contributed by atoms with van der Waals surface area (Å²) in [5.74, 6) is -0.222. The Bertz CT molecular complexity index is 938. The SMILES string of the molecule is COCC(=O)N1[C@H](CO)[C@H]2c3ccccc3N(C(=O)Nc3ccccc3Cl)C[C@H]21. The smallest absolute Gasteiger partial charge is 0.326 e. The highest BCUT2D eigenvalue weighted by atomic mass is 35.5. The van der Waals surface area contributed by atoms with Crippen molar-refractivity contribution in [1.29, 1.82) is 0 Å². The summed E-state index contributed by atoms with van der Waals surface area (Å²) in [6.07, 6.45) is 0. The van der Waals surface area contributed by atoms with Crippen molar-refractivity contribution in [3.05, 3.63) is 59.1 Å². The number of nitrogens with one attached hydrogen (secondary N) is 1. The van der Waals surface area contributed by atoms with Gasteiger partial charge in [0.05, 0.1) is 29.4 Å². The number of hydrogen-bond acceptors (Lipinski definition) is 4. The molecule has 0 unspecified atom stereocenters. The number of nitrogens with zero attached hydrogens (tertiary/aromatic N) is 2. The zero-order valence-corrected chi connectivity index (χ0v) is 16.7. The van der Waals surface area contributed by atoms with Crippen LogP contribution >= 0.6 is 11.6 Å². The minimum atomic E-state index is -0.324. The van der Waals surface area contributed by atoms with E-state index in [2.05, 4.69) is 5.32 Å². The van der Waals surface area contributed by atoms with Crippen LogP contribution in [0.2, 0.25) is 5.02 Å². The van der Waals surface area contributed by atoms with Crippen LogP contribution in [0.5, 0.6) is 0 Å². The van der Waals surface area contributed by atoms with E-state index in [1.54, 1.807) is 34.1 Å². The maximum Gasteiger partial charge on any atom is 0.326 e. The van der Waals surface area contributed by atoms with Gasteiger partial charge in [0, 0.05) is 25.3 Å². The number of urea groups is 1. The molecule has 7 nitrogen and oxygen atoms in total. The van der Waals surface area contributed by atoms with E-state index in [0.29, 0.717) is 17.3 Å². The molecule has 3 atom stereocenters. The molecule has 4 rings (SSSR count). The standard InChI is InChI=1S/C21H22ClN3O4/c1-29-12-19(27)25-17-10-24(21(28)23-15-8-4-3-7-14(15)22)16-9-5-2-6-13(16)20(17)18(25)11-26/h2-9,17-18,20,26H,10-12H2,1H3,(H,23,28)/t17-,18-,20+/m1/s1. The van der Waals surface area contributed by atoms with E-state index in [1.165, 1.54) is 7.11 Å². The van der Waals surface area contributed by atoms with Crippen LogP contribution < -0.4 is 10.2 Å². The van der Waals surface area contributed by atoms with Crippen molar-refractivity contribution in [2.45, 2.75) is 18.0 Å². The van der Waals surface area contributed by atoms with Crippen molar-refractivity contribution in [3.8, 4) is 0 Å². The fourth-order valence-electron chi connectivity index (χ4n) is 4.37. The van der Waals surface area contributed by atoms with Gasteiger partial charge in [0.1, 0.15) is 6.61 Å². The van der Waals surface area contributed by atoms with Crippen molar-refractivity contribution in [2.75, 3.05) is 37.1 Å². The molecule has 0 bridgehead atoms. The molecule has 3 amide bonds. The van der Waals surface area contributed by atoms with E-state index in [0.717, 1.165) is 11.3 Å². The quantitative estimate of drug-likeness (QED) is 0.804. The van der Waals surface area contributed by atoms with Crippen molar-refractivity contribution >= 4 is 34.9 Å². The summed E-state index contributed by atoms with van der Waals surface area (Å²) in [4.78, 5) is 28.9. The molecular formula is C21H22ClN3O4. The third kappa shape index (κ3) is 3.35. The number of ether oxygens (including phenoxy) is 1. The van der Waals surface area contributed by atoms with Gasteiger partial charge in [-0.05, 0) is 23.8 Å². The van der Waals surface area contributed by atoms with Crippen molar-refractivity contribution in [3.63, 3.8) is 0 Å². The highest BCUT2D eigenvalue weighted by Crippen LogP contribution is 2.48. The molecule has 1 fully saturated rings. The Kier molecular flexibility index (Phi) is 5.45. The predicted molar refractivity (Wildman–Crippen MR) is 110 cm³/mol. The Hall–Kier alpha value is -2.61. The normalized spacial score (nSPS) is 22.4. The molecule has 0 radical (unpaired) electrons. The number of likely N-dealkylation sites (tertiary alicyclic amines) is 1. The fourth-order valence-corrected chi connectivity index (χ4v) is 4.55. The molecule has 2 N–H and O–H groups in total. The van der Waals surface area contributed by atoms with E-state index in [4.69, 9.17) is 16.3 Å². The van der Waals surface area contributed by atoms with Gasteiger partial charge in [0.2, 0.25) is 5.91 Å². The van der Waals surface area contributed by atoms with Crippen molar-refractivity contribution < 1.29 is 19.4 Å². The number of carbonyl (C=O) groups is 2. The van der Waals surface area contributed by atoms with E-state index >= 15 is 0 Å². The number of methoxy groups -OCH3 is 1. The van der Waals surface area contributed by atoms with Gasteiger partial charge in [0.15, 0.2) is 0 Å². The second-order valence-electron chi connectivity index (χ2n) is 7.16. The largest absolute Gasteiger partial charge is 0.394 e. The summed E-state index contributed by atoms with van der Waals surface area (Å²) in [5, 5.41) is 13.2. The predicted octanol–water partition coefficient (Wildman–Crippen LogP) is 2.69. The minimum absolute atomic E-state index is 0.0265. The molecule has 2 aromatic carbocycles. The summed E-state index contributed by atoms with van der Waals surface area (Å²) >= 11 is 6.18. The summed E-state index contributed by atoms with van der Waals surface area (Å²) in [7, 11) is 1.46. The van der Waals surface area contributed by atoms with Crippen LogP contribution in [0.4, 0.5) is 16.2 Å². The Labute approximate surface area is 173 Å². The lowest BCUT2D eigenvalue weighted by Gasteiger charge is -2.58. The van der Waals surface area contributed by atoms with Crippen LogP contribution in [-0.2, 0) is 9.53 Å². The number of rotatable bonds is 4. The summed E-state index contributed by atoms with van der Waals surface area (Å²) in [6.45, 7) is 0.119. The van der Waals surface area contributed by atoms with E-state index in [-0.39, 0.29) is 43.2 Å². The highest BCUT2D eigenvalue weighted by molar-refractivity contribution is 6.33. The number of halogens is 1. The molecule has 2 aromatic rings. The van der Waals surface area contributed by atoms with Crippen molar-refractivity contribution in [2.24, 2.45) is 0 Å². The molecule has 152 valence electrons.